The molecule has 2 saturated heterocycles. The van der Waals surface area contributed by atoms with Crippen molar-refractivity contribution in [2.75, 3.05) is 19.7 Å². The van der Waals surface area contributed by atoms with Gasteiger partial charge in [-0.05, 0) is 56.0 Å². The third-order valence-corrected chi connectivity index (χ3v) is 7.92. The van der Waals surface area contributed by atoms with Crippen LogP contribution in [0.1, 0.15) is 72.9 Å². The second kappa shape index (κ2) is 13.8. The number of rotatable bonds is 9. The van der Waals surface area contributed by atoms with Gasteiger partial charge in [0.15, 0.2) is 0 Å². The molecule has 2 aromatic carbocycles. The average molecular weight is 589 g/mol. The first kappa shape index (κ1) is 30.2. The van der Waals surface area contributed by atoms with E-state index in [9.17, 15) is 14.3 Å². The first-order valence-electron chi connectivity index (χ1n) is 14.9. The number of carbonyl (C=O) groups is 1. The Morgan fingerprint density at radius 3 is 2.67 bits per heavy atom. The van der Waals surface area contributed by atoms with Gasteiger partial charge in [0.2, 0.25) is 5.88 Å². The van der Waals surface area contributed by atoms with Crippen molar-refractivity contribution in [1.82, 2.24) is 24.2 Å². The van der Waals surface area contributed by atoms with E-state index in [1.807, 2.05) is 30.8 Å². The quantitative estimate of drug-likeness (QED) is 0.270. The summed E-state index contributed by atoms with van der Waals surface area (Å²) in [6, 6.07) is 13.4. The number of fused-ring (bicyclic) bond motifs is 1. The standard InChI is InChI=1S/C30H31FN6O4.C2H6/c31-25-14-20(16-32)3-4-22(25)19-41-29-9-12-37(34-29)23-7-10-35(11-8-23)18-28-33-26-6-5-21(30(38)39)15-27(26)36(28)17-24-2-1-13-40-24;1-2/h3-6,9,12,14-15,23-24H,1-2,7-8,10-11,13,17-19H2,(H,38,39);1-2H3/t24-;/m0./s1. The summed E-state index contributed by atoms with van der Waals surface area (Å²) in [5.74, 6) is -0.0717. The number of halogens is 1. The summed E-state index contributed by atoms with van der Waals surface area (Å²) in [4.78, 5) is 18.9. The number of nitrogens with zero attached hydrogens (tertiary/aromatic N) is 6. The number of ether oxygens (including phenoxy) is 2. The molecule has 10 nitrogen and oxygen atoms in total. The van der Waals surface area contributed by atoms with E-state index in [-0.39, 0.29) is 29.9 Å². The van der Waals surface area contributed by atoms with Gasteiger partial charge in [-0.2, -0.15) is 5.26 Å². The number of nitriles is 1. The molecule has 4 aromatic rings. The molecule has 6 rings (SSSR count). The van der Waals surface area contributed by atoms with Crippen LogP contribution >= 0.6 is 0 Å². The zero-order valence-corrected chi connectivity index (χ0v) is 24.6. The van der Waals surface area contributed by atoms with Crippen LogP contribution in [0.4, 0.5) is 4.39 Å². The van der Waals surface area contributed by atoms with Gasteiger partial charge in [-0.1, -0.05) is 19.9 Å². The maximum Gasteiger partial charge on any atom is 0.335 e. The number of likely N-dealkylation sites (tertiary alicyclic amines) is 1. The fourth-order valence-electron chi connectivity index (χ4n) is 5.65. The Labute approximate surface area is 250 Å². The molecule has 0 aliphatic carbocycles. The molecule has 226 valence electrons. The van der Waals surface area contributed by atoms with Crippen LogP contribution < -0.4 is 4.74 Å². The maximum atomic E-state index is 14.2. The number of aromatic nitrogens is 4. The molecule has 2 aliphatic heterocycles. The monoisotopic (exact) mass is 588 g/mol. The van der Waals surface area contributed by atoms with Gasteiger partial charge in [-0.25, -0.2) is 14.2 Å². The van der Waals surface area contributed by atoms with Gasteiger partial charge in [-0.15, -0.1) is 5.10 Å². The Hall–Kier alpha value is -4.27. The molecule has 4 heterocycles. The number of aromatic carboxylic acids is 1. The Morgan fingerprint density at radius 2 is 1.98 bits per heavy atom. The topological polar surface area (TPSA) is 118 Å². The van der Waals surface area contributed by atoms with Crippen LogP contribution in [0, 0.1) is 17.1 Å². The lowest BCUT2D eigenvalue weighted by atomic mass is 10.1. The molecule has 2 fully saturated rings. The molecule has 2 aliphatic rings. The Kier molecular flexibility index (Phi) is 9.69. The van der Waals surface area contributed by atoms with Gasteiger partial charge in [0.05, 0.1) is 53.5 Å². The van der Waals surface area contributed by atoms with E-state index in [4.69, 9.17) is 19.7 Å². The highest BCUT2D eigenvalue weighted by Crippen LogP contribution is 2.27. The summed E-state index contributed by atoms with van der Waals surface area (Å²) in [6.45, 7) is 7.84. The van der Waals surface area contributed by atoms with Crippen LogP contribution in [-0.2, 0) is 24.4 Å². The van der Waals surface area contributed by atoms with Crippen LogP contribution in [-0.4, -0.2) is 61.1 Å². The Morgan fingerprint density at radius 1 is 1.16 bits per heavy atom. The minimum absolute atomic E-state index is 0.0356. The normalized spacial score (nSPS) is 17.4. The van der Waals surface area contributed by atoms with E-state index in [0.29, 0.717) is 24.5 Å². The first-order chi connectivity index (χ1) is 21.0. The van der Waals surface area contributed by atoms with E-state index in [0.717, 1.165) is 62.2 Å². The van der Waals surface area contributed by atoms with Crippen molar-refractivity contribution in [3.8, 4) is 11.9 Å². The second-order valence-electron chi connectivity index (χ2n) is 10.6. The number of carboxylic acid groups (broad SMARTS) is 1. The predicted molar refractivity (Wildman–Crippen MR) is 158 cm³/mol. The maximum absolute atomic E-state index is 14.2. The van der Waals surface area contributed by atoms with Gasteiger partial charge in [0.25, 0.3) is 0 Å². The highest BCUT2D eigenvalue weighted by atomic mass is 19.1. The Bertz CT molecular complexity index is 1600. The van der Waals surface area contributed by atoms with E-state index in [2.05, 4.69) is 14.6 Å². The fraction of sp³-hybridized carbons (Fsp3) is 0.438. The van der Waals surface area contributed by atoms with Crippen molar-refractivity contribution in [3.05, 3.63) is 77.0 Å². The number of piperidine rings is 1. The number of imidazole rings is 1. The zero-order valence-electron chi connectivity index (χ0n) is 24.6. The summed E-state index contributed by atoms with van der Waals surface area (Å²) < 4.78 is 29.8. The van der Waals surface area contributed by atoms with E-state index in [1.165, 1.54) is 6.07 Å². The summed E-state index contributed by atoms with van der Waals surface area (Å²) in [6.07, 6.45) is 5.83. The molecule has 0 saturated carbocycles. The molecular formula is C32H37FN6O4. The first-order valence-corrected chi connectivity index (χ1v) is 14.9. The lowest BCUT2D eigenvalue weighted by Gasteiger charge is -2.32. The van der Waals surface area contributed by atoms with Crippen molar-refractivity contribution < 1.29 is 23.8 Å². The average Bonchev–Trinajstić information content (AvgIpc) is 3.79. The highest BCUT2D eigenvalue weighted by Gasteiger charge is 2.25. The molecule has 1 N–H and O–H groups in total. The minimum atomic E-state index is -0.950. The van der Waals surface area contributed by atoms with Crippen LogP contribution in [0.5, 0.6) is 5.88 Å². The number of hydrogen-bond acceptors (Lipinski definition) is 7. The summed E-state index contributed by atoms with van der Waals surface area (Å²) >= 11 is 0. The molecule has 1 atom stereocenters. The lowest BCUT2D eigenvalue weighted by Crippen LogP contribution is -2.35. The summed E-state index contributed by atoms with van der Waals surface area (Å²) in [7, 11) is 0. The minimum Gasteiger partial charge on any atom is -0.478 e. The molecule has 0 bridgehead atoms. The Balaban J connectivity index is 0.00000180. The molecule has 0 amide bonds. The molecule has 0 unspecified atom stereocenters. The van der Waals surface area contributed by atoms with Crippen LogP contribution in [0.25, 0.3) is 11.0 Å². The van der Waals surface area contributed by atoms with Crippen LogP contribution in [0.2, 0.25) is 0 Å². The number of carboxylic acids is 1. The second-order valence-corrected chi connectivity index (χ2v) is 10.6. The van der Waals surface area contributed by atoms with E-state index < -0.39 is 11.8 Å². The third kappa shape index (κ3) is 7.04. The molecule has 2 aromatic heterocycles. The molecular weight excluding hydrogens is 551 g/mol. The van der Waals surface area contributed by atoms with Crippen molar-refractivity contribution in [2.45, 2.75) is 71.4 Å². The smallest absolute Gasteiger partial charge is 0.335 e. The molecule has 43 heavy (non-hydrogen) atoms. The SMILES string of the molecule is CC.N#Cc1ccc(COc2ccn(C3CCN(Cc4nc5ccc(C(=O)O)cc5n4C[C@@H]4CCCO4)CC3)n2)c(F)c1. The predicted octanol–water partition coefficient (Wildman–Crippen LogP) is 5.56. The van der Waals surface area contributed by atoms with Gasteiger partial charge in [0, 0.05) is 37.5 Å². The van der Waals surface area contributed by atoms with Gasteiger partial charge in [0.1, 0.15) is 18.2 Å². The highest BCUT2D eigenvalue weighted by molar-refractivity contribution is 5.92. The summed E-state index contributed by atoms with van der Waals surface area (Å²) in [5.41, 5.74) is 2.52. The molecule has 11 heteroatoms. The van der Waals surface area contributed by atoms with Gasteiger partial charge < -0.3 is 19.1 Å². The zero-order chi connectivity index (χ0) is 30.3. The van der Waals surface area contributed by atoms with Gasteiger partial charge >= 0.3 is 5.97 Å². The molecule has 0 spiro atoms. The summed E-state index contributed by atoms with van der Waals surface area (Å²) in [5, 5.41) is 23.0. The van der Waals surface area contributed by atoms with Crippen molar-refractivity contribution >= 4 is 17.0 Å². The molecule has 0 radical (unpaired) electrons. The van der Waals surface area contributed by atoms with Gasteiger partial charge in [-0.3, -0.25) is 9.58 Å². The van der Waals surface area contributed by atoms with E-state index >= 15 is 0 Å². The van der Waals surface area contributed by atoms with Crippen molar-refractivity contribution in [2.24, 2.45) is 0 Å². The fourth-order valence-corrected chi connectivity index (χ4v) is 5.65. The van der Waals surface area contributed by atoms with Crippen LogP contribution in [0.3, 0.4) is 0 Å². The van der Waals surface area contributed by atoms with E-state index in [1.54, 1.807) is 36.4 Å². The lowest BCUT2D eigenvalue weighted by molar-refractivity contribution is 0.0697. The van der Waals surface area contributed by atoms with Crippen LogP contribution in [0.15, 0.2) is 48.7 Å². The third-order valence-electron chi connectivity index (χ3n) is 7.92. The number of benzene rings is 2. The van der Waals surface area contributed by atoms with Crippen molar-refractivity contribution in [3.63, 3.8) is 0 Å². The van der Waals surface area contributed by atoms with Crippen molar-refractivity contribution in [1.29, 1.82) is 5.26 Å². The number of hydrogen-bond donors (Lipinski definition) is 1. The largest absolute Gasteiger partial charge is 0.478 e.